The molecule has 5 atom stereocenters. The predicted octanol–water partition coefficient (Wildman–Crippen LogP) is 2.98. The Bertz CT molecular complexity index is 261. The first-order valence-electron chi connectivity index (χ1n) is 8.14. The molecule has 0 bridgehead atoms. The zero-order valence-electron chi connectivity index (χ0n) is 13.0. The Morgan fingerprint density at radius 1 is 1.00 bits per heavy atom. The normalized spacial score (nSPS) is 42.9. The zero-order valence-corrected chi connectivity index (χ0v) is 13.0. The van der Waals surface area contributed by atoms with Crippen LogP contribution in [-0.2, 0) is 9.47 Å². The first-order valence-corrected chi connectivity index (χ1v) is 8.14. The average molecular weight is 269 g/mol. The highest BCUT2D eigenvalue weighted by atomic mass is 16.6. The molecule has 0 radical (unpaired) electrons. The molecule has 0 amide bonds. The topological polar surface area (TPSA) is 30.5 Å². The molecule has 0 aliphatic heterocycles. The van der Waals surface area contributed by atoms with E-state index in [9.17, 15) is 0 Å². The second-order valence-corrected chi connectivity index (χ2v) is 6.53. The molecule has 0 spiro atoms. The SMILES string of the molecule is CCNC1CC(OC2CC(C)CC(C)C2)C1OCC. The van der Waals surface area contributed by atoms with Crippen LogP contribution >= 0.6 is 0 Å². The van der Waals surface area contributed by atoms with Crippen LogP contribution in [0.2, 0.25) is 0 Å². The minimum atomic E-state index is 0.262. The van der Waals surface area contributed by atoms with Gasteiger partial charge in [-0.3, -0.25) is 0 Å². The number of hydrogen-bond donors (Lipinski definition) is 1. The van der Waals surface area contributed by atoms with Crippen LogP contribution in [0.4, 0.5) is 0 Å². The van der Waals surface area contributed by atoms with Crippen molar-refractivity contribution in [3.05, 3.63) is 0 Å². The van der Waals surface area contributed by atoms with Crippen LogP contribution < -0.4 is 5.32 Å². The third-order valence-corrected chi connectivity index (χ3v) is 4.58. The molecule has 0 aromatic rings. The highest BCUT2D eigenvalue weighted by Gasteiger charge is 2.43. The van der Waals surface area contributed by atoms with Crippen molar-refractivity contribution < 1.29 is 9.47 Å². The van der Waals surface area contributed by atoms with Crippen molar-refractivity contribution in [3.63, 3.8) is 0 Å². The van der Waals surface area contributed by atoms with Crippen LogP contribution in [0.5, 0.6) is 0 Å². The second-order valence-electron chi connectivity index (χ2n) is 6.53. The van der Waals surface area contributed by atoms with Crippen LogP contribution in [-0.4, -0.2) is 37.5 Å². The minimum Gasteiger partial charge on any atom is -0.374 e. The van der Waals surface area contributed by atoms with Crippen LogP contribution in [0.3, 0.4) is 0 Å². The van der Waals surface area contributed by atoms with Gasteiger partial charge in [-0.05, 0) is 51.0 Å². The molecule has 0 heterocycles. The third kappa shape index (κ3) is 3.93. The molecular weight excluding hydrogens is 238 g/mol. The lowest BCUT2D eigenvalue weighted by Gasteiger charge is -2.46. The maximum atomic E-state index is 6.34. The number of rotatable bonds is 6. The van der Waals surface area contributed by atoms with E-state index in [1.54, 1.807) is 0 Å². The quantitative estimate of drug-likeness (QED) is 0.804. The lowest BCUT2D eigenvalue weighted by molar-refractivity contribution is -0.175. The second kappa shape index (κ2) is 7.05. The van der Waals surface area contributed by atoms with Gasteiger partial charge in [-0.2, -0.15) is 0 Å². The summed E-state index contributed by atoms with van der Waals surface area (Å²) in [5.74, 6) is 1.62. The Morgan fingerprint density at radius 3 is 2.26 bits per heavy atom. The van der Waals surface area contributed by atoms with Crippen molar-refractivity contribution in [3.8, 4) is 0 Å². The summed E-state index contributed by atoms with van der Waals surface area (Å²) in [6, 6.07) is 0.494. The van der Waals surface area contributed by atoms with Crippen LogP contribution in [0, 0.1) is 11.8 Å². The molecule has 2 aliphatic carbocycles. The molecule has 5 unspecified atom stereocenters. The van der Waals surface area contributed by atoms with Crippen LogP contribution in [0.1, 0.15) is 53.4 Å². The molecule has 0 aromatic carbocycles. The fraction of sp³-hybridized carbons (Fsp3) is 1.00. The molecule has 112 valence electrons. The van der Waals surface area contributed by atoms with Gasteiger partial charge in [-0.1, -0.05) is 20.8 Å². The fourth-order valence-electron chi connectivity index (χ4n) is 3.82. The van der Waals surface area contributed by atoms with Gasteiger partial charge in [-0.25, -0.2) is 0 Å². The van der Waals surface area contributed by atoms with Gasteiger partial charge in [0.2, 0.25) is 0 Å². The van der Waals surface area contributed by atoms with Gasteiger partial charge >= 0.3 is 0 Å². The van der Waals surface area contributed by atoms with E-state index >= 15 is 0 Å². The first kappa shape index (κ1) is 15.3. The standard InChI is InChI=1S/C16H31NO2/c1-5-17-14-10-15(16(14)18-6-2)19-13-8-11(3)7-12(4)9-13/h11-17H,5-10H2,1-4H3. The number of likely N-dealkylation sites (N-methyl/N-ethyl adjacent to an activating group) is 1. The fourth-order valence-corrected chi connectivity index (χ4v) is 3.82. The first-order chi connectivity index (χ1) is 9.13. The van der Waals surface area contributed by atoms with E-state index < -0.39 is 0 Å². The highest BCUT2D eigenvalue weighted by molar-refractivity contribution is 4.98. The summed E-state index contributed by atoms with van der Waals surface area (Å²) >= 11 is 0. The Labute approximate surface area is 118 Å². The Morgan fingerprint density at radius 2 is 1.68 bits per heavy atom. The third-order valence-electron chi connectivity index (χ3n) is 4.58. The Balaban J connectivity index is 1.81. The Hall–Kier alpha value is -0.120. The largest absolute Gasteiger partial charge is 0.374 e. The molecule has 3 nitrogen and oxygen atoms in total. The van der Waals surface area contributed by atoms with E-state index in [-0.39, 0.29) is 6.10 Å². The summed E-state index contributed by atoms with van der Waals surface area (Å²) in [4.78, 5) is 0. The van der Waals surface area contributed by atoms with E-state index in [0.717, 1.165) is 31.4 Å². The molecule has 2 rings (SSSR count). The number of hydrogen-bond acceptors (Lipinski definition) is 3. The number of nitrogens with one attached hydrogen (secondary N) is 1. The van der Waals surface area contributed by atoms with Crippen molar-refractivity contribution in [1.29, 1.82) is 0 Å². The van der Waals surface area contributed by atoms with Gasteiger partial charge in [-0.15, -0.1) is 0 Å². The summed E-state index contributed by atoms with van der Waals surface area (Å²) < 4.78 is 12.2. The summed E-state index contributed by atoms with van der Waals surface area (Å²) in [5.41, 5.74) is 0. The smallest absolute Gasteiger partial charge is 0.0990 e. The molecular formula is C16H31NO2. The molecule has 0 saturated heterocycles. The van der Waals surface area contributed by atoms with Gasteiger partial charge < -0.3 is 14.8 Å². The summed E-state index contributed by atoms with van der Waals surface area (Å²) in [7, 11) is 0. The van der Waals surface area contributed by atoms with E-state index in [4.69, 9.17) is 9.47 Å². The van der Waals surface area contributed by atoms with E-state index in [1.807, 2.05) is 0 Å². The Kier molecular flexibility index (Phi) is 5.67. The van der Waals surface area contributed by atoms with Gasteiger partial charge in [0, 0.05) is 12.6 Å². The average Bonchev–Trinajstić information content (AvgIpc) is 2.33. The summed E-state index contributed by atoms with van der Waals surface area (Å²) in [6.45, 7) is 10.7. The number of ether oxygens (including phenoxy) is 2. The van der Waals surface area contributed by atoms with E-state index in [2.05, 4.69) is 33.0 Å². The van der Waals surface area contributed by atoms with Crippen molar-refractivity contribution in [1.82, 2.24) is 5.32 Å². The van der Waals surface area contributed by atoms with Crippen LogP contribution in [0.15, 0.2) is 0 Å². The molecule has 2 fully saturated rings. The highest BCUT2D eigenvalue weighted by Crippen LogP contribution is 2.35. The summed E-state index contributed by atoms with van der Waals surface area (Å²) in [6.07, 6.45) is 5.95. The monoisotopic (exact) mass is 269 g/mol. The van der Waals surface area contributed by atoms with Crippen molar-refractivity contribution in [2.75, 3.05) is 13.2 Å². The molecule has 2 aliphatic rings. The van der Waals surface area contributed by atoms with Crippen molar-refractivity contribution in [2.24, 2.45) is 11.8 Å². The van der Waals surface area contributed by atoms with Crippen molar-refractivity contribution in [2.45, 2.75) is 77.7 Å². The lowest BCUT2D eigenvalue weighted by atomic mass is 9.80. The maximum absolute atomic E-state index is 6.34. The molecule has 0 aromatic heterocycles. The van der Waals surface area contributed by atoms with Crippen molar-refractivity contribution >= 4 is 0 Å². The predicted molar refractivity (Wildman–Crippen MR) is 78.3 cm³/mol. The van der Waals surface area contributed by atoms with Crippen LogP contribution in [0.25, 0.3) is 0 Å². The van der Waals surface area contributed by atoms with Gasteiger partial charge in [0.25, 0.3) is 0 Å². The van der Waals surface area contributed by atoms with E-state index in [1.165, 1.54) is 19.3 Å². The molecule has 19 heavy (non-hydrogen) atoms. The van der Waals surface area contributed by atoms with Gasteiger partial charge in [0.1, 0.15) is 0 Å². The lowest BCUT2D eigenvalue weighted by Crippen LogP contribution is -2.61. The van der Waals surface area contributed by atoms with E-state index in [0.29, 0.717) is 18.2 Å². The van der Waals surface area contributed by atoms with Gasteiger partial charge in [0.15, 0.2) is 0 Å². The summed E-state index contributed by atoms with van der Waals surface area (Å²) in [5, 5.41) is 3.50. The maximum Gasteiger partial charge on any atom is 0.0990 e. The van der Waals surface area contributed by atoms with Gasteiger partial charge in [0.05, 0.1) is 18.3 Å². The zero-order chi connectivity index (χ0) is 13.8. The molecule has 1 N–H and O–H groups in total. The molecule has 2 saturated carbocycles. The minimum absolute atomic E-state index is 0.262. The molecule has 3 heteroatoms.